The molecule has 7 nitrogen and oxygen atoms in total. The zero-order chi connectivity index (χ0) is 37.6. The van der Waals surface area contributed by atoms with E-state index in [9.17, 15) is 9.90 Å². The monoisotopic (exact) mass is 772 g/mol. The fraction of sp³-hybridized carbons (Fsp3) is 0.391. The Morgan fingerprint density at radius 2 is 1.73 bits per heavy atom. The Bertz CT molecular complexity index is 2380. The number of aromatic nitrogens is 2. The zero-order valence-electron chi connectivity index (χ0n) is 31.8. The number of carbonyl (C=O) groups is 1. The first-order chi connectivity index (χ1) is 26.9. The second-order valence-electron chi connectivity index (χ2n) is 15.7. The molecule has 1 aliphatic carbocycles. The first-order valence-electron chi connectivity index (χ1n) is 20.1. The predicted octanol–water partition coefficient (Wildman–Crippen LogP) is 11.6. The van der Waals surface area contributed by atoms with E-state index in [1.54, 1.807) is 7.11 Å². The highest BCUT2D eigenvalue weighted by Crippen LogP contribution is 2.51. The summed E-state index contributed by atoms with van der Waals surface area (Å²) in [7, 11) is 1.70. The molecular weight excluding hydrogens is 724 g/mol. The van der Waals surface area contributed by atoms with Crippen LogP contribution in [0.3, 0.4) is 0 Å². The van der Waals surface area contributed by atoms with Crippen molar-refractivity contribution in [1.82, 2.24) is 14.5 Å². The molecule has 0 spiro atoms. The molecule has 1 saturated heterocycles. The summed E-state index contributed by atoms with van der Waals surface area (Å²) in [5.74, 6) is 1.05. The third-order valence-electron chi connectivity index (χ3n) is 12.5. The maximum absolute atomic E-state index is 12.3. The Hall–Kier alpha value is -4.37. The quantitative estimate of drug-likeness (QED) is 0.158. The molecule has 284 valence electrons. The van der Waals surface area contributed by atoms with Crippen LogP contribution in [0.2, 0.25) is 5.02 Å². The van der Waals surface area contributed by atoms with E-state index < -0.39 is 5.97 Å². The first kappa shape index (κ1) is 36.3. The number of pyridine rings is 1. The van der Waals surface area contributed by atoms with E-state index in [2.05, 4.69) is 69.8 Å². The average molecular weight is 773 g/mol. The second kappa shape index (κ2) is 15.3. The van der Waals surface area contributed by atoms with Crippen molar-refractivity contribution in [3.63, 3.8) is 0 Å². The minimum Gasteiger partial charge on any atom is -0.497 e. The van der Waals surface area contributed by atoms with Gasteiger partial charge in [-0.3, -0.25) is 0 Å². The Morgan fingerprint density at radius 3 is 2.51 bits per heavy atom. The lowest BCUT2D eigenvalue weighted by Crippen LogP contribution is -2.37. The van der Waals surface area contributed by atoms with E-state index in [1.165, 1.54) is 83.7 Å². The number of rotatable bonds is 9. The number of hydrogen-bond donors (Lipinski definition) is 1. The topological polar surface area (TPSA) is 70.8 Å². The van der Waals surface area contributed by atoms with E-state index >= 15 is 0 Å². The van der Waals surface area contributed by atoms with Gasteiger partial charge in [-0.25, -0.2) is 9.78 Å². The molecule has 3 aromatic carbocycles. The number of nitrogens with zero attached hydrogens (tertiary/aromatic N) is 4. The molecule has 6 aromatic rings. The van der Waals surface area contributed by atoms with Crippen LogP contribution >= 0.6 is 22.9 Å². The molecule has 0 radical (unpaired) electrons. The summed E-state index contributed by atoms with van der Waals surface area (Å²) >= 11 is 7.76. The van der Waals surface area contributed by atoms with Gasteiger partial charge in [0.25, 0.3) is 0 Å². The van der Waals surface area contributed by atoms with Gasteiger partial charge < -0.3 is 24.2 Å². The highest BCUT2D eigenvalue weighted by molar-refractivity contribution is 7.21. The lowest BCUT2D eigenvalue weighted by molar-refractivity contribution is 0.0702. The van der Waals surface area contributed by atoms with Crippen LogP contribution in [0.5, 0.6) is 5.75 Å². The normalized spacial score (nSPS) is 18.0. The van der Waals surface area contributed by atoms with Crippen LogP contribution < -0.4 is 9.64 Å². The number of aromatic carboxylic acids is 1. The number of hydrogen-bond acceptors (Lipinski definition) is 6. The molecule has 1 atom stereocenters. The predicted molar refractivity (Wildman–Crippen MR) is 227 cm³/mol. The van der Waals surface area contributed by atoms with E-state index in [-0.39, 0.29) is 0 Å². The van der Waals surface area contributed by atoms with Gasteiger partial charge in [0.2, 0.25) is 0 Å². The standard InChI is InChI=1S/C46H49ClN4O3S/c1-3-49-22-7-8-29(28-49)21-23-50-24-25-51-40-27-41(46(52)53)55-45(40)42(31-9-5-4-6-10-31)44(51)36-18-20-38-35(43(36)50)17-19-39(48-38)37-26-33(54-2)15-16-34(37)30-11-13-32(47)14-12-30/h11-20,26-27,29,31H,3-10,21-25,28H2,1-2H3,(H,52,53). The summed E-state index contributed by atoms with van der Waals surface area (Å²) in [6.45, 7) is 8.42. The number of benzene rings is 3. The third kappa shape index (κ3) is 6.80. The zero-order valence-corrected chi connectivity index (χ0v) is 33.4. The molecule has 1 saturated carbocycles. The SMILES string of the molecule is CCN1CCCC(CCN2CCn3c(c(C4CCCCC4)c4sc(C(=O)O)cc43)-c3ccc4nc(-c5cc(OC)ccc5-c5ccc(Cl)cc5)ccc4c32)C1. The van der Waals surface area contributed by atoms with Gasteiger partial charge in [-0.15, -0.1) is 11.3 Å². The number of thiophene rings is 1. The Labute approximate surface area is 332 Å². The highest BCUT2D eigenvalue weighted by atomic mass is 35.5. The molecule has 3 aliphatic rings. The van der Waals surface area contributed by atoms with Crippen LogP contribution in [0.1, 0.15) is 79.4 Å². The molecule has 1 unspecified atom stereocenters. The maximum Gasteiger partial charge on any atom is 0.345 e. The molecule has 5 heterocycles. The van der Waals surface area contributed by atoms with Crippen molar-refractivity contribution in [1.29, 1.82) is 0 Å². The summed E-state index contributed by atoms with van der Waals surface area (Å²) in [6, 6.07) is 25.1. The molecule has 0 bridgehead atoms. The summed E-state index contributed by atoms with van der Waals surface area (Å²) in [4.78, 5) is 23.4. The van der Waals surface area contributed by atoms with Crippen LogP contribution in [-0.4, -0.2) is 65.4 Å². The molecule has 2 aliphatic heterocycles. The van der Waals surface area contributed by atoms with Gasteiger partial charge in [-0.1, -0.05) is 56.0 Å². The van der Waals surface area contributed by atoms with Crippen molar-refractivity contribution in [2.45, 2.75) is 70.8 Å². The number of anilines is 1. The van der Waals surface area contributed by atoms with Crippen LogP contribution in [0.15, 0.2) is 72.8 Å². The maximum atomic E-state index is 12.3. The van der Waals surface area contributed by atoms with Gasteiger partial charge in [0, 0.05) is 47.7 Å². The number of methoxy groups -OCH3 is 1. The molecule has 9 rings (SSSR count). The van der Waals surface area contributed by atoms with Crippen molar-refractivity contribution >= 4 is 55.7 Å². The third-order valence-corrected chi connectivity index (χ3v) is 13.9. The first-order valence-corrected chi connectivity index (χ1v) is 21.3. The molecule has 2 fully saturated rings. The summed E-state index contributed by atoms with van der Waals surface area (Å²) in [5.41, 5.74) is 11.3. The van der Waals surface area contributed by atoms with Crippen LogP contribution in [0.25, 0.3) is 54.8 Å². The van der Waals surface area contributed by atoms with E-state index in [0.717, 1.165) is 90.0 Å². The van der Waals surface area contributed by atoms with Crippen LogP contribution in [-0.2, 0) is 6.54 Å². The van der Waals surface area contributed by atoms with Gasteiger partial charge in [0.05, 0.1) is 39.9 Å². The van der Waals surface area contributed by atoms with Crippen molar-refractivity contribution < 1.29 is 14.6 Å². The van der Waals surface area contributed by atoms with Gasteiger partial charge in [0.15, 0.2) is 0 Å². The molecule has 3 aromatic heterocycles. The van der Waals surface area contributed by atoms with Crippen molar-refractivity contribution in [3.05, 3.63) is 88.3 Å². The number of halogens is 1. The summed E-state index contributed by atoms with van der Waals surface area (Å²) < 4.78 is 9.35. The van der Waals surface area contributed by atoms with Gasteiger partial charge in [-0.2, -0.15) is 0 Å². The number of piperidine rings is 1. The smallest absolute Gasteiger partial charge is 0.345 e. The minimum atomic E-state index is -0.836. The van der Waals surface area contributed by atoms with E-state index in [4.69, 9.17) is 21.3 Å². The fourth-order valence-corrected chi connectivity index (χ4v) is 11.0. The number of likely N-dealkylation sites (tertiary alicyclic amines) is 1. The average Bonchev–Trinajstić information content (AvgIpc) is 3.74. The van der Waals surface area contributed by atoms with Crippen molar-refractivity contribution in [2.24, 2.45) is 5.92 Å². The largest absolute Gasteiger partial charge is 0.497 e. The Balaban J connectivity index is 1.21. The van der Waals surface area contributed by atoms with Gasteiger partial charge in [-0.05, 0) is 128 Å². The Morgan fingerprint density at radius 1 is 0.909 bits per heavy atom. The number of carboxylic acid groups (broad SMARTS) is 1. The van der Waals surface area contributed by atoms with Gasteiger partial charge >= 0.3 is 5.97 Å². The van der Waals surface area contributed by atoms with Gasteiger partial charge in [0.1, 0.15) is 10.6 Å². The van der Waals surface area contributed by atoms with Crippen molar-refractivity contribution in [2.75, 3.05) is 44.7 Å². The molecular formula is C46H49ClN4O3S. The molecule has 0 amide bonds. The lowest BCUT2D eigenvalue weighted by atomic mass is 9.82. The molecule has 1 N–H and O–H groups in total. The van der Waals surface area contributed by atoms with Crippen LogP contribution in [0, 0.1) is 5.92 Å². The van der Waals surface area contributed by atoms with Crippen molar-refractivity contribution in [3.8, 4) is 39.4 Å². The number of carboxylic acids is 1. The van der Waals surface area contributed by atoms with Crippen LogP contribution in [0.4, 0.5) is 5.69 Å². The lowest BCUT2D eigenvalue weighted by Gasteiger charge is -2.34. The molecule has 9 heteroatoms. The van der Waals surface area contributed by atoms with E-state index in [1.807, 2.05) is 24.3 Å². The summed E-state index contributed by atoms with van der Waals surface area (Å²) in [5, 5.41) is 12.0. The van der Waals surface area contributed by atoms with E-state index in [0.29, 0.717) is 21.7 Å². The minimum absolute atomic E-state index is 0.421. The second-order valence-corrected chi connectivity index (χ2v) is 17.2. The fourth-order valence-electron chi connectivity index (χ4n) is 9.73. The summed E-state index contributed by atoms with van der Waals surface area (Å²) in [6.07, 6.45) is 9.71. The number of fused-ring (bicyclic) bond motifs is 7. The highest BCUT2D eigenvalue weighted by Gasteiger charge is 2.33. The Kier molecular flexibility index (Phi) is 10.1. The molecule has 55 heavy (non-hydrogen) atoms. The number of ether oxygens (including phenoxy) is 1.